The number of carbonyl (C=O) groups excluding carboxylic acids is 2. The van der Waals surface area contributed by atoms with Gasteiger partial charge in [-0.1, -0.05) is 79.5 Å². The second-order valence-corrected chi connectivity index (χ2v) is 10.1. The first-order valence-electron chi connectivity index (χ1n) is 12.5. The number of aromatic nitrogens is 2. The van der Waals surface area contributed by atoms with Gasteiger partial charge in [-0.15, -0.1) is 0 Å². The summed E-state index contributed by atoms with van der Waals surface area (Å²) >= 11 is 6.07. The molecular formula is C30H32ClN5O2. The number of amides is 3. The molecule has 38 heavy (non-hydrogen) atoms. The van der Waals surface area contributed by atoms with E-state index in [4.69, 9.17) is 16.7 Å². The number of carbonyl (C=O) groups is 2. The molecule has 0 unspecified atom stereocenters. The van der Waals surface area contributed by atoms with E-state index in [1.807, 2.05) is 82.3 Å². The fraction of sp³-hybridized carbons (Fsp3) is 0.233. The van der Waals surface area contributed by atoms with Gasteiger partial charge in [0.25, 0.3) is 0 Å². The van der Waals surface area contributed by atoms with E-state index in [0.717, 1.165) is 28.1 Å². The molecule has 4 aromatic rings. The molecule has 0 bridgehead atoms. The van der Waals surface area contributed by atoms with Crippen molar-refractivity contribution in [3.05, 3.63) is 95.1 Å². The quantitative estimate of drug-likeness (QED) is 0.259. The van der Waals surface area contributed by atoms with Gasteiger partial charge in [-0.2, -0.15) is 5.10 Å². The summed E-state index contributed by atoms with van der Waals surface area (Å²) < 4.78 is 1.74. The van der Waals surface area contributed by atoms with Crippen LogP contribution >= 0.6 is 11.6 Å². The molecule has 3 amide bonds. The van der Waals surface area contributed by atoms with E-state index in [1.165, 1.54) is 4.90 Å². The van der Waals surface area contributed by atoms with Gasteiger partial charge in [0.2, 0.25) is 5.91 Å². The molecule has 1 heterocycles. The second kappa shape index (κ2) is 12.0. The molecule has 0 atom stereocenters. The fourth-order valence-electron chi connectivity index (χ4n) is 4.24. The van der Waals surface area contributed by atoms with Crippen molar-refractivity contribution in [2.24, 2.45) is 5.92 Å². The maximum atomic E-state index is 13.5. The molecule has 8 heteroatoms. The van der Waals surface area contributed by atoms with Crippen LogP contribution in [0.4, 0.5) is 16.3 Å². The van der Waals surface area contributed by atoms with Gasteiger partial charge in [-0.3, -0.25) is 4.79 Å². The molecule has 0 aliphatic carbocycles. The number of anilines is 2. The van der Waals surface area contributed by atoms with Crippen molar-refractivity contribution in [2.45, 2.75) is 27.7 Å². The average molecular weight is 530 g/mol. The van der Waals surface area contributed by atoms with Crippen molar-refractivity contribution >= 4 is 35.0 Å². The Kier molecular flexibility index (Phi) is 8.48. The Hall–Kier alpha value is -4.10. The Balaban J connectivity index is 1.63. The van der Waals surface area contributed by atoms with Gasteiger partial charge in [-0.05, 0) is 55.7 Å². The smallest absolute Gasteiger partial charge is 0.315 e. The Morgan fingerprint density at radius 1 is 0.947 bits per heavy atom. The highest BCUT2D eigenvalue weighted by Gasteiger charge is 2.23. The highest BCUT2D eigenvalue weighted by atomic mass is 35.5. The van der Waals surface area contributed by atoms with E-state index < -0.39 is 0 Å². The number of nitrogens with one attached hydrogen (secondary N) is 2. The number of urea groups is 1. The van der Waals surface area contributed by atoms with Gasteiger partial charge in [0.05, 0.1) is 11.4 Å². The van der Waals surface area contributed by atoms with Crippen molar-refractivity contribution in [2.75, 3.05) is 23.7 Å². The predicted octanol–water partition coefficient (Wildman–Crippen LogP) is 6.94. The lowest BCUT2D eigenvalue weighted by molar-refractivity contribution is -0.116. The zero-order chi connectivity index (χ0) is 27.2. The van der Waals surface area contributed by atoms with Crippen LogP contribution < -0.4 is 10.6 Å². The zero-order valence-electron chi connectivity index (χ0n) is 22.0. The second-order valence-electron chi connectivity index (χ2n) is 9.69. The largest absolute Gasteiger partial charge is 0.322 e. The van der Waals surface area contributed by atoms with E-state index in [2.05, 4.69) is 10.6 Å². The molecule has 0 saturated heterocycles. The summed E-state index contributed by atoms with van der Waals surface area (Å²) in [6, 6.07) is 24.3. The van der Waals surface area contributed by atoms with Crippen LogP contribution in [0, 0.1) is 19.8 Å². The van der Waals surface area contributed by atoms with Crippen molar-refractivity contribution in [3.63, 3.8) is 0 Å². The minimum atomic E-state index is -0.373. The average Bonchev–Trinajstić information content (AvgIpc) is 3.19. The van der Waals surface area contributed by atoms with Gasteiger partial charge in [-0.25, -0.2) is 9.48 Å². The number of hydrogen-bond donors (Lipinski definition) is 2. The maximum absolute atomic E-state index is 13.5. The molecule has 3 aromatic carbocycles. The number of halogens is 1. The standard InChI is InChI=1S/C30H32ClN5O2/c1-20(2)18-35(30(38)32-25-12-8-11-24(31)17-25)19-27(37)33-29-28(23-9-6-5-7-10-23)22(4)34-36(29)26-15-13-21(3)14-16-26/h5-17,20H,18-19H2,1-4H3,(H,32,38)(H,33,37). The molecule has 4 rings (SSSR count). The Labute approximate surface area is 228 Å². The SMILES string of the molecule is Cc1ccc(-n2nc(C)c(-c3ccccc3)c2NC(=O)CN(CC(C)C)C(=O)Nc2cccc(Cl)c2)cc1. The van der Waals surface area contributed by atoms with E-state index in [0.29, 0.717) is 23.1 Å². The van der Waals surface area contributed by atoms with Crippen LogP contribution in [0.3, 0.4) is 0 Å². The first kappa shape index (κ1) is 26.9. The monoisotopic (exact) mass is 529 g/mol. The van der Waals surface area contributed by atoms with Gasteiger partial charge in [0, 0.05) is 22.8 Å². The van der Waals surface area contributed by atoms with E-state index in [9.17, 15) is 9.59 Å². The summed E-state index contributed by atoms with van der Waals surface area (Å²) in [5, 5.41) is 11.2. The fourth-order valence-corrected chi connectivity index (χ4v) is 4.43. The highest BCUT2D eigenvalue weighted by Crippen LogP contribution is 2.33. The third kappa shape index (κ3) is 6.61. The molecule has 0 aliphatic rings. The first-order chi connectivity index (χ1) is 18.2. The summed E-state index contributed by atoms with van der Waals surface area (Å²) in [5.74, 6) is 0.396. The van der Waals surface area contributed by atoms with Crippen LogP contribution in [-0.2, 0) is 4.79 Å². The zero-order valence-corrected chi connectivity index (χ0v) is 22.8. The molecule has 7 nitrogen and oxygen atoms in total. The number of hydrogen-bond acceptors (Lipinski definition) is 3. The molecule has 2 N–H and O–H groups in total. The lowest BCUT2D eigenvalue weighted by Gasteiger charge is -2.24. The van der Waals surface area contributed by atoms with Gasteiger partial charge in [0.15, 0.2) is 0 Å². The van der Waals surface area contributed by atoms with Crippen LogP contribution in [0.1, 0.15) is 25.1 Å². The predicted molar refractivity (Wildman–Crippen MR) is 154 cm³/mol. The molecule has 0 fully saturated rings. The van der Waals surface area contributed by atoms with Crippen molar-refractivity contribution in [1.82, 2.24) is 14.7 Å². The van der Waals surface area contributed by atoms with Crippen LogP contribution in [0.2, 0.25) is 5.02 Å². The van der Waals surface area contributed by atoms with Crippen molar-refractivity contribution < 1.29 is 9.59 Å². The summed E-state index contributed by atoms with van der Waals surface area (Å²) in [6.07, 6.45) is 0. The van der Waals surface area contributed by atoms with Crippen LogP contribution in [-0.4, -0.2) is 39.7 Å². The topological polar surface area (TPSA) is 79.3 Å². The molecular weight excluding hydrogens is 498 g/mol. The molecule has 0 spiro atoms. The molecule has 0 aliphatic heterocycles. The Bertz CT molecular complexity index is 1410. The van der Waals surface area contributed by atoms with Crippen molar-refractivity contribution in [1.29, 1.82) is 0 Å². The van der Waals surface area contributed by atoms with E-state index in [1.54, 1.807) is 28.9 Å². The Morgan fingerprint density at radius 3 is 2.32 bits per heavy atom. The maximum Gasteiger partial charge on any atom is 0.322 e. The third-order valence-corrected chi connectivity index (χ3v) is 6.18. The lowest BCUT2D eigenvalue weighted by atomic mass is 10.1. The number of rotatable bonds is 8. The lowest BCUT2D eigenvalue weighted by Crippen LogP contribution is -2.42. The molecule has 196 valence electrons. The van der Waals surface area contributed by atoms with Gasteiger partial charge in [0.1, 0.15) is 12.4 Å². The van der Waals surface area contributed by atoms with E-state index in [-0.39, 0.29) is 24.4 Å². The highest BCUT2D eigenvalue weighted by molar-refractivity contribution is 6.30. The van der Waals surface area contributed by atoms with Crippen molar-refractivity contribution in [3.8, 4) is 16.8 Å². The first-order valence-corrected chi connectivity index (χ1v) is 12.9. The van der Waals surface area contributed by atoms with E-state index >= 15 is 0 Å². The minimum Gasteiger partial charge on any atom is -0.315 e. The van der Waals surface area contributed by atoms with Crippen LogP contribution in [0.15, 0.2) is 78.9 Å². The molecule has 0 saturated carbocycles. The summed E-state index contributed by atoms with van der Waals surface area (Å²) in [4.78, 5) is 28.1. The van der Waals surface area contributed by atoms with Crippen LogP contribution in [0.25, 0.3) is 16.8 Å². The summed E-state index contributed by atoms with van der Waals surface area (Å²) in [5.41, 5.74) is 5.08. The number of benzene rings is 3. The summed E-state index contributed by atoms with van der Waals surface area (Å²) in [6.45, 7) is 8.22. The summed E-state index contributed by atoms with van der Waals surface area (Å²) in [7, 11) is 0. The third-order valence-electron chi connectivity index (χ3n) is 5.94. The van der Waals surface area contributed by atoms with Gasteiger partial charge < -0.3 is 15.5 Å². The minimum absolute atomic E-state index is 0.128. The molecule has 1 aromatic heterocycles. The molecule has 0 radical (unpaired) electrons. The Morgan fingerprint density at radius 2 is 1.66 bits per heavy atom. The number of nitrogens with zero attached hydrogens (tertiary/aromatic N) is 3. The normalized spacial score (nSPS) is 10.9. The van der Waals surface area contributed by atoms with Gasteiger partial charge >= 0.3 is 6.03 Å². The van der Waals surface area contributed by atoms with Crippen LogP contribution in [0.5, 0.6) is 0 Å². The number of aryl methyl sites for hydroxylation is 2.